The topological polar surface area (TPSA) is 113 Å². The van der Waals surface area contributed by atoms with Gasteiger partial charge in [-0.2, -0.15) is 0 Å². The van der Waals surface area contributed by atoms with Gasteiger partial charge < -0.3 is 5.32 Å². The molecule has 0 atom stereocenters. The highest BCUT2D eigenvalue weighted by Gasteiger charge is 2.28. The van der Waals surface area contributed by atoms with Gasteiger partial charge in [-0.3, -0.25) is 9.10 Å². The number of nitrogens with zero attached hydrogens (tertiary/aromatic N) is 1. The van der Waals surface area contributed by atoms with Crippen molar-refractivity contribution in [3.8, 4) is 0 Å². The van der Waals surface area contributed by atoms with E-state index in [9.17, 15) is 21.6 Å². The first-order valence-electron chi connectivity index (χ1n) is 9.30. The van der Waals surface area contributed by atoms with Gasteiger partial charge in [-0.25, -0.2) is 21.6 Å². The van der Waals surface area contributed by atoms with Crippen LogP contribution < -0.4 is 14.3 Å². The summed E-state index contributed by atoms with van der Waals surface area (Å²) in [6.07, 6.45) is 0.531. The van der Waals surface area contributed by atoms with E-state index >= 15 is 0 Å². The number of halogens is 1. The third kappa shape index (κ3) is 5.31. The molecule has 2 aromatic carbocycles. The van der Waals surface area contributed by atoms with Crippen molar-refractivity contribution in [2.24, 2.45) is 0 Å². The standard InChI is InChI=1S/C19H22ClN3O5S2/c20-16-6-2-4-8-18(16)30(27,28)22-11-9-19(24)21-12-14-29(25,26)23-13-10-15-5-1-3-7-17(15)23/h1-8,22H,9-14H2,(H,21,24). The van der Waals surface area contributed by atoms with Crippen LogP contribution in [0.15, 0.2) is 53.4 Å². The fourth-order valence-corrected chi connectivity index (χ4v) is 6.13. The summed E-state index contributed by atoms with van der Waals surface area (Å²) in [5.41, 5.74) is 1.66. The lowest BCUT2D eigenvalue weighted by molar-refractivity contribution is -0.120. The Balaban J connectivity index is 1.45. The van der Waals surface area contributed by atoms with E-state index in [2.05, 4.69) is 10.0 Å². The van der Waals surface area contributed by atoms with Crippen molar-refractivity contribution in [2.45, 2.75) is 17.7 Å². The van der Waals surface area contributed by atoms with Gasteiger partial charge in [0.1, 0.15) is 4.90 Å². The molecule has 3 rings (SSSR count). The number of para-hydroxylation sites is 1. The molecule has 0 bridgehead atoms. The molecule has 0 saturated carbocycles. The Morgan fingerprint density at radius 2 is 1.70 bits per heavy atom. The van der Waals surface area contributed by atoms with Gasteiger partial charge in [0.05, 0.1) is 16.5 Å². The van der Waals surface area contributed by atoms with E-state index in [1.807, 2.05) is 12.1 Å². The van der Waals surface area contributed by atoms with Crippen LogP contribution in [0.2, 0.25) is 5.02 Å². The molecule has 1 aliphatic heterocycles. The van der Waals surface area contributed by atoms with Crippen molar-refractivity contribution in [2.75, 3.05) is 29.7 Å². The minimum atomic E-state index is -3.83. The number of anilines is 1. The van der Waals surface area contributed by atoms with E-state index in [-0.39, 0.29) is 35.2 Å². The second kappa shape index (κ2) is 9.34. The molecular formula is C19H22ClN3O5S2. The van der Waals surface area contributed by atoms with Crippen molar-refractivity contribution >= 4 is 43.2 Å². The molecule has 0 aliphatic carbocycles. The highest BCUT2D eigenvalue weighted by Crippen LogP contribution is 2.29. The van der Waals surface area contributed by atoms with Crippen LogP contribution in [-0.2, 0) is 31.3 Å². The fraction of sp³-hybridized carbons (Fsp3) is 0.316. The number of rotatable bonds is 9. The predicted molar refractivity (Wildman–Crippen MR) is 116 cm³/mol. The molecule has 1 heterocycles. The summed E-state index contributed by atoms with van der Waals surface area (Å²) in [4.78, 5) is 11.9. The normalized spacial score (nSPS) is 13.8. The number of amides is 1. The van der Waals surface area contributed by atoms with Crippen LogP contribution in [-0.4, -0.2) is 48.1 Å². The van der Waals surface area contributed by atoms with Crippen molar-refractivity contribution < 1.29 is 21.6 Å². The van der Waals surface area contributed by atoms with Gasteiger partial charge in [-0.05, 0) is 30.2 Å². The molecule has 2 aromatic rings. The van der Waals surface area contributed by atoms with Crippen LogP contribution in [0, 0.1) is 0 Å². The largest absolute Gasteiger partial charge is 0.355 e. The van der Waals surface area contributed by atoms with Crippen molar-refractivity contribution in [3.63, 3.8) is 0 Å². The van der Waals surface area contributed by atoms with E-state index in [1.54, 1.807) is 24.3 Å². The van der Waals surface area contributed by atoms with Gasteiger partial charge in [-0.15, -0.1) is 0 Å². The first-order chi connectivity index (χ1) is 14.2. The Labute approximate surface area is 181 Å². The summed E-state index contributed by atoms with van der Waals surface area (Å²) in [7, 11) is -7.40. The Morgan fingerprint density at radius 3 is 2.47 bits per heavy atom. The van der Waals surface area contributed by atoms with Gasteiger partial charge in [0.25, 0.3) is 0 Å². The van der Waals surface area contributed by atoms with E-state index in [1.165, 1.54) is 16.4 Å². The lowest BCUT2D eigenvalue weighted by Crippen LogP contribution is -2.37. The molecule has 0 aromatic heterocycles. The van der Waals surface area contributed by atoms with Gasteiger partial charge in [0.2, 0.25) is 26.0 Å². The summed E-state index contributed by atoms with van der Waals surface area (Å²) < 4.78 is 53.3. The van der Waals surface area contributed by atoms with Crippen LogP contribution in [0.1, 0.15) is 12.0 Å². The number of hydrogen-bond donors (Lipinski definition) is 2. The molecule has 30 heavy (non-hydrogen) atoms. The van der Waals surface area contributed by atoms with Crippen LogP contribution in [0.4, 0.5) is 5.69 Å². The second-order valence-electron chi connectivity index (χ2n) is 6.70. The maximum Gasteiger partial charge on any atom is 0.242 e. The monoisotopic (exact) mass is 471 g/mol. The number of hydrogen-bond acceptors (Lipinski definition) is 5. The van der Waals surface area contributed by atoms with Crippen LogP contribution in [0.25, 0.3) is 0 Å². The molecule has 1 amide bonds. The number of nitrogens with one attached hydrogen (secondary N) is 2. The molecule has 1 aliphatic rings. The Kier molecular flexibility index (Phi) is 7.02. The average molecular weight is 472 g/mol. The molecule has 11 heteroatoms. The quantitative estimate of drug-likeness (QED) is 0.575. The van der Waals surface area contributed by atoms with Crippen LogP contribution in [0.3, 0.4) is 0 Å². The molecule has 0 spiro atoms. The number of sulfonamides is 2. The zero-order chi connectivity index (χ0) is 21.8. The summed E-state index contributed by atoms with van der Waals surface area (Å²) in [6, 6.07) is 13.3. The SMILES string of the molecule is O=C(CCNS(=O)(=O)c1ccccc1Cl)NCCS(=O)(=O)N1CCc2ccccc21. The third-order valence-corrected chi connectivity index (χ3v) is 8.36. The van der Waals surface area contributed by atoms with E-state index < -0.39 is 26.0 Å². The Bertz CT molecular complexity index is 1140. The fourth-order valence-electron chi connectivity index (χ4n) is 3.15. The van der Waals surface area contributed by atoms with Crippen LogP contribution >= 0.6 is 11.6 Å². The molecule has 2 N–H and O–H groups in total. The molecule has 8 nitrogen and oxygen atoms in total. The van der Waals surface area contributed by atoms with Crippen LogP contribution in [0.5, 0.6) is 0 Å². The maximum atomic E-state index is 12.6. The van der Waals surface area contributed by atoms with E-state index in [0.717, 1.165) is 5.56 Å². The lowest BCUT2D eigenvalue weighted by atomic mass is 10.2. The summed E-state index contributed by atoms with van der Waals surface area (Å²) in [5, 5.41) is 2.60. The summed E-state index contributed by atoms with van der Waals surface area (Å²) >= 11 is 5.89. The minimum Gasteiger partial charge on any atom is -0.355 e. The Hall–Kier alpha value is -2.14. The second-order valence-corrected chi connectivity index (χ2v) is 10.9. The van der Waals surface area contributed by atoms with Gasteiger partial charge in [-0.1, -0.05) is 41.9 Å². The number of fused-ring (bicyclic) bond motifs is 1. The number of benzene rings is 2. The van der Waals surface area contributed by atoms with Gasteiger partial charge >= 0.3 is 0 Å². The first kappa shape index (κ1) is 22.5. The minimum absolute atomic E-state index is 0.0584. The molecule has 0 unspecified atom stereocenters. The predicted octanol–water partition coefficient (Wildman–Crippen LogP) is 1.52. The van der Waals surface area contributed by atoms with Crippen molar-refractivity contribution in [3.05, 3.63) is 59.1 Å². The zero-order valence-corrected chi connectivity index (χ0v) is 18.4. The number of carbonyl (C=O) groups excluding carboxylic acids is 1. The first-order valence-corrected chi connectivity index (χ1v) is 12.8. The average Bonchev–Trinajstić information content (AvgIpc) is 3.13. The molecular weight excluding hydrogens is 450 g/mol. The third-order valence-electron chi connectivity index (χ3n) is 4.63. The smallest absolute Gasteiger partial charge is 0.242 e. The molecule has 0 fully saturated rings. The lowest BCUT2D eigenvalue weighted by Gasteiger charge is -2.19. The Morgan fingerprint density at radius 1 is 1.00 bits per heavy atom. The van der Waals surface area contributed by atoms with Gasteiger partial charge in [0, 0.05) is 26.1 Å². The molecule has 0 radical (unpaired) electrons. The zero-order valence-electron chi connectivity index (χ0n) is 16.0. The highest BCUT2D eigenvalue weighted by molar-refractivity contribution is 7.92. The van der Waals surface area contributed by atoms with Crippen molar-refractivity contribution in [1.82, 2.24) is 10.0 Å². The van der Waals surface area contributed by atoms with E-state index in [0.29, 0.717) is 18.7 Å². The maximum absolute atomic E-state index is 12.6. The van der Waals surface area contributed by atoms with Crippen molar-refractivity contribution in [1.29, 1.82) is 0 Å². The highest BCUT2D eigenvalue weighted by atomic mass is 35.5. The molecule has 0 saturated heterocycles. The molecule has 162 valence electrons. The summed E-state index contributed by atoms with van der Waals surface area (Å²) in [5.74, 6) is -0.688. The summed E-state index contributed by atoms with van der Waals surface area (Å²) in [6.45, 7) is 0.197. The van der Waals surface area contributed by atoms with E-state index in [4.69, 9.17) is 11.6 Å². The van der Waals surface area contributed by atoms with Gasteiger partial charge in [0.15, 0.2) is 0 Å². The number of carbonyl (C=O) groups is 1.